The van der Waals surface area contributed by atoms with Gasteiger partial charge in [0.2, 0.25) is 0 Å². The molecule has 0 N–H and O–H groups in total. The van der Waals surface area contributed by atoms with Crippen LogP contribution in [0.15, 0.2) is 0 Å². The molecule has 0 rings (SSSR count). The average molecular weight is 328 g/mol. The van der Waals surface area contributed by atoms with Crippen LogP contribution in [0.25, 0.3) is 0 Å². The fourth-order valence-electron chi connectivity index (χ4n) is 0.653. The van der Waals surface area contributed by atoms with E-state index in [-0.39, 0.29) is 0 Å². The molecule has 0 aromatic heterocycles. The molecule has 0 aromatic rings. The molecule has 0 radical (unpaired) electrons. The number of rotatable bonds is 1. The van der Waals surface area contributed by atoms with Gasteiger partial charge in [0.25, 0.3) is 0 Å². The zero-order valence-electron chi connectivity index (χ0n) is 6.97. The molecule has 0 aliphatic rings. The molecule has 0 atom stereocenters. The minimum absolute atomic E-state index is 0.662. The van der Waals surface area contributed by atoms with Crippen molar-refractivity contribution in [3.8, 4) is 0 Å². The summed E-state index contributed by atoms with van der Waals surface area (Å²) in [5, 5.41) is -0.740. The van der Waals surface area contributed by atoms with Gasteiger partial charge in [-0.25, -0.2) is 0 Å². The van der Waals surface area contributed by atoms with E-state index in [2.05, 4.69) is 42.6 Å². The van der Waals surface area contributed by atoms with E-state index >= 15 is 0 Å². The van der Waals surface area contributed by atoms with Crippen LogP contribution in [0.1, 0.15) is 13.8 Å². The number of hydrogen-bond donors (Lipinski definition) is 0. The van der Waals surface area contributed by atoms with Gasteiger partial charge in [0.1, 0.15) is 0 Å². The maximum absolute atomic E-state index is 2.47. The van der Waals surface area contributed by atoms with E-state index in [1.807, 2.05) is 0 Å². The van der Waals surface area contributed by atoms with Crippen LogP contribution in [0.5, 0.6) is 0 Å². The Balaban J connectivity index is 4.56. The normalized spacial score (nSPS) is 20.3. The van der Waals surface area contributed by atoms with Crippen molar-refractivity contribution in [1.29, 1.82) is 0 Å². The van der Waals surface area contributed by atoms with Crippen molar-refractivity contribution >= 4 is 14.2 Å². The van der Waals surface area contributed by atoms with E-state index < -0.39 is 21.2 Å². The Morgan fingerprint density at radius 1 is 1.00 bits per heavy atom. The Bertz CT molecular complexity index is 146. The zero-order chi connectivity index (χ0) is 7.49. The molecule has 0 fully saturated rings. The van der Waals surface area contributed by atoms with Crippen LogP contribution in [-0.2, 0) is 15.9 Å². The van der Waals surface area contributed by atoms with Crippen molar-refractivity contribution in [2.24, 2.45) is 0 Å². The van der Waals surface area contributed by atoms with E-state index in [4.69, 9.17) is 0 Å². The monoisotopic (exact) mass is 328 g/mol. The van der Waals surface area contributed by atoms with Crippen molar-refractivity contribution < 1.29 is 15.9 Å². The molecule has 0 unspecified atom stereocenters. The van der Waals surface area contributed by atoms with Crippen LogP contribution in [-0.4, -0.2) is 28.8 Å². The summed E-state index contributed by atoms with van der Waals surface area (Å²) in [4.78, 5) is 0. The Kier molecular flexibility index (Phi) is 4.26. The van der Waals surface area contributed by atoms with Gasteiger partial charge >= 0.3 is 63.9 Å². The third-order valence-corrected chi connectivity index (χ3v) is 19.7. The predicted molar refractivity (Wildman–Crippen MR) is 49.6 cm³/mol. The second-order valence-corrected chi connectivity index (χ2v) is 24.5. The summed E-state index contributed by atoms with van der Waals surface area (Å²) >= 11 is -0.662. The van der Waals surface area contributed by atoms with Crippen molar-refractivity contribution in [2.75, 3.05) is 20.0 Å². The van der Waals surface area contributed by atoms with Gasteiger partial charge in [0.05, 0.1) is 0 Å². The molecule has 61 valence electrons. The van der Waals surface area contributed by atoms with Crippen LogP contribution >= 0.6 is 5.35 Å². The first-order valence-electron chi connectivity index (χ1n) is 3.18. The van der Waals surface area contributed by atoms with E-state index in [9.17, 15) is 0 Å². The first kappa shape index (κ1) is 9.86. The average Bonchev–Trinajstić information content (AvgIpc) is 1.65. The third-order valence-electron chi connectivity index (χ3n) is 0.941. The van der Waals surface area contributed by atoms with E-state index in [0.29, 0.717) is 0 Å². The van der Waals surface area contributed by atoms with Crippen LogP contribution in [0.2, 0.25) is 0 Å². The summed E-state index contributed by atoms with van der Waals surface area (Å²) in [6, 6.07) is 0. The second kappa shape index (κ2) is 3.89. The Labute approximate surface area is 64.0 Å². The van der Waals surface area contributed by atoms with Crippen molar-refractivity contribution in [3.63, 3.8) is 0 Å². The molecular weight excluding hydrogens is 310 g/mol. The Morgan fingerprint density at radius 2 is 1.33 bits per heavy atom. The second-order valence-electron chi connectivity index (χ2n) is 2.63. The third kappa shape index (κ3) is 3.53. The fourth-order valence-corrected chi connectivity index (χ4v) is 14.3. The van der Waals surface area contributed by atoms with E-state index in [0.717, 1.165) is 0 Å². The summed E-state index contributed by atoms with van der Waals surface area (Å²) < 4.78 is 4.94. The fraction of sp³-hybridized carbons (Fsp3) is 0.714. The van der Waals surface area contributed by atoms with Crippen molar-refractivity contribution in [1.82, 2.24) is 0 Å². The van der Waals surface area contributed by atoms with E-state index in [1.54, 1.807) is 0 Å². The molecule has 0 aromatic carbocycles. The Morgan fingerprint density at radius 3 is 1.33 bits per heavy atom. The van der Waals surface area contributed by atoms with Crippen LogP contribution in [0, 0.1) is 0 Å². The summed E-state index contributed by atoms with van der Waals surface area (Å²) in [7, 11) is 0. The van der Waals surface area contributed by atoms with Gasteiger partial charge < -0.3 is 0 Å². The minimum atomic E-state index is -0.740. The first-order valence-corrected chi connectivity index (χ1v) is 12.5. The molecule has 0 spiro atoms. The van der Waals surface area contributed by atoms with Gasteiger partial charge in [-0.1, -0.05) is 0 Å². The topological polar surface area (TPSA) is 0 Å². The first-order chi connectivity index (χ1) is 4.02. The van der Waals surface area contributed by atoms with Gasteiger partial charge in [-0.05, 0) is 0 Å². The summed E-state index contributed by atoms with van der Waals surface area (Å²) in [5.74, 6) is 0. The van der Waals surface area contributed by atoms with Gasteiger partial charge in [-0.2, -0.15) is 0 Å². The van der Waals surface area contributed by atoms with Crippen LogP contribution < -0.4 is 0 Å². The van der Waals surface area contributed by atoms with Crippen molar-refractivity contribution in [2.45, 2.75) is 13.8 Å². The molecule has 0 heterocycles. The standard InChI is InChI=1S/C3H9P.2C2H4.Pt/c1-4(2)3;2*1-2;/h1-3H3;2*1H,2H3;/q;;;-1/p+1. The molecule has 0 aliphatic carbocycles. The SMILES string of the molecule is C/[CH]=[Pt](=[CH]/C)\[PH](C)(C)C. The van der Waals surface area contributed by atoms with Crippen molar-refractivity contribution in [3.05, 3.63) is 0 Å². The van der Waals surface area contributed by atoms with Gasteiger partial charge in [0, 0.05) is 0 Å². The summed E-state index contributed by atoms with van der Waals surface area (Å²) in [6.45, 7) is 11.9. The molecule has 0 nitrogen and oxygen atoms in total. The van der Waals surface area contributed by atoms with Gasteiger partial charge in [-0.15, -0.1) is 0 Å². The molecular formula is C7H18PPt. The molecule has 9 heavy (non-hydrogen) atoms. The summed E-state index contributed by atoms with van der Waals surface area (Å²) in [5.41, 5.74) is 0. The van der Waals surface area contributed by atoms with Crippen LogP contribution in [0.4, 0.5) is 0 Å². The molecule has 0 saturated carbocycles. The van der Waals surface area contributed by atoms with Gasteiger partial charge in [-0.3, -0.25) is 0 Å². The maximum atomic E-state index is 2.47. The molecule has 0 bridgehead atoms. The summed E-state index contributed by atoms with van der Waals surface area (Å²) in [6.07, 6.45) is 0. The number of hydrogen-bond acceptors (Lipinski definition) is 0. The molecule has 0 amide bonds. The molecule has 0 saturated heterocycles. The molecule has 2 heteroatoms. The Hall–Kier alpha value is 0.858. The van der Waals surface area contributed by atoms with E-state index in [1.165, 1.54) is 0 Å². The zero-order valence-corrected chi connectivity index (χ0v) is 10.2. The quantitative estimate of drug-likeness (QED) is 0.644. The predicted octanol–water partition coefficient (Wildman–Crippen LogP) is 1.80. The van der Waals surface area contributed by atoms with Crippen LogP contribution in [0.3, 0.4) is 0 Å². The molecule has 0 aliphatic heterocycles. The van der Waals surface area contributed by atoms with Gasteiger partial charge in [0.15, 0.2) is 0 Å².